The maximum absolute atomic E-state index is 13.3. The molecular formula is C13H9Cl2FN2. The molecule has 0 fully saturated rings. The van der Waals surface area contributed by atoms with E-state index in [2.05, 4.69) is 9.97 Å². The van der Waals surface area contributed by atoms with Crippen molar-refractivity contribution in [3.8, 4) is 11.4 Å². The van der Waals surface area contributed by atoms with Gasteiger partial charge in [0.1, 0.15) is 11.0 Å². The SMILES string of the molecule is Fc1cc(Cl)cc(-c2nc(Cl)c3c(n2)CCC3)c1. The Balaban J connectivity index is 2.15. The number of aryl methyl sites for hydroxylation is 1. The van der Waals surface area contributed by atoms with Gasteiger partial charge < -0.3 is 0 Å². The third-order valence-electron chi connectivity index (χ3n) is 3.00. The van der Waals surface area contributed by atoms with Gasteiger partial charge in [-0.15, -0.1) is 0 Å². The average Bonchev–Trinajstić information content (AvgIpc) is 2.76. The molecule has 2 aromatic rings. The van der Waals surface area contributed by atoms with Crippen LogP contribution in [0.15, 0.2) is 18.2 Å². The maximum atomic E-state index is 13.3. The third-order valence-corrected chi connectivity index (χ3v) is 3.53. The highest BCUT2D eigenvalue weighted by molar-refractivity contribution is 6.31. The van der Waals surface area contributed by atoms with Crippen molar-refractivity contribution in [3.05, 3.63) is 45.4 Å². The molecule has 0 saturated heterocycles. The largest absolute Gasteiger partial charge is 0.233 e. The summed E-state index contributed by atoms with van der Waals surface area (Å²) < 4.78 is 13.3. The second kappa shape index (κ2) is 4.48. The lowest BCUT2D eigenvalue weighted by molar-refractivity contribution is 0.628. The number of fused-ring (bicyclic) bond motifs is 1. The summed E-state index contributed by atoms with van der Waals surface area (Å²) in [5, 5.41) is 0.790. The summed E-state index contributed by atoms with van der Waals surface area (Å²) in [4.78, 5) is 8.67. The highest BCUT2D eigenvalue weighted by Crippen LogP contribution is 2.29. The van der Waals surface area contributed by atoms with Gasteiger partial charge in [0, 0.05) is 21.8 Å². The molecule has 5 heteroatoms. The maximum Gasteiger partial charge on any atom is 0.161 e. The Bertz CT molecular complexity index is 608. The number of aromatic nitrogens is 2. The number of hydrogen-bond donors (Lipinski definition) is 0. The van der Waals surface area contributed by atoms with E-state index >= 15 is 0 Å². The van der Waals surface area contributed by atoms with Crippen LogP contribution in [-0.4, -0.2) is 9.97 Å². The molecule has 0 aliphatic heterocycles. The molecule has 0 saturated carbocycles. The summed E-state index contributed by atoms with van der Waals surface area (Å²) in [5.41, 5.74) is 2.53. The van der Waals surface area contributed by atoms with Crippen molar-refractivity contribution in [3.63, 3.8) is 0 Å². The zero-order valence-corrected chi connectivity index (χ0v) is 10.9. The van der Waals surface area contributed by atoms with Gasteiger partial charge in [0.25, 0.3) is 0 Å². The zero-order chi connectivity index (χ0) is 12.7. The monoisotopic (exact) mass is 282 g/mol. The minimum atomic E-state index is -0.405. The quantitative estimate of drug-likeness (QED) is 0.737. The molecule has 1 aliphatic rings. The predicted octanol–water partition coefficient (Wildman–Crippen LogP) is 4.08. The van der Waals surface area contributed by atoms with Crippen LogP contribution in [0.2, 0.25) is 10.2 Å². The zero-order valence-electron chi connectivity index (χ0n) is 9.38. The summed E-state index contributed by atoms with van der Waals surface area (Å²) in [7, 11) is 0. The van der Waals surface area contributed by atoms with Crippen molar-refractivity contribution in [1.82, 2.24) is 9.97 Å². The van der Waals surface area contributed by atoms with Gasteiger partial charge >= 0.3 is 0 Å². The molecule has 1 aromatic carbocycles. The number of halogens is 3. The Morgan fingerprint density at radius 3 is 2.67 bits per heavy atom. The van der Waals surface area contributed by atoms with Gasteiger partial charge in [0.05, 0.1) is 0 Å². The summed E-state index contributed by atoms with van der Waals surface area (Å²) in [6, 6.07) is 4.25. The Hall–Kier alpha value is -1.19. The summed E-state index contributed by atoms with van der Waals surface area (Å²) >= 11 is 12.0. The van der Waals surface area contributed by atoms with Gasteiger partial charge in [-0.2, -0.15) is 0 Å². The van der Waals surface area contributed by atoms with E-state index in [4.69, 9.17) is 23.2 Å². The standard InChI is InChI=1S/C13H9Cl2FN2/c14-8-4-7(5-9(16)6-8)13-17-11-3-1-2-10(11)12(15)18-13/h4-6H,1-3H2. The highest BCUT2D eigenvalue weighted by atomic mass is 35.5. The smallest absolute Gasteiger partial charge is 0.161 e. The first-order chi connectivity index (χ1) is 8.63. The van der Waals surface area contributed by atoms with Crippen LogP contribution in [0.3, 0.4) is 0 Å². The lowest BCUT2D eigenvalue weighted by atomic mass is 10.2. The molecule has 92 valence electrons. The van der Waals surface area contributed by atoms with Crippen LogP contribution in [0.1, 0.15) is 17.7 Å². The topological polar surface area (TPSA) is 25.8 Å². The van der Waals surface area contributed by atoms with Gasteiger partial charge in [-0.05, 0) is 37.5 Å². The molecule has 1 aromatic heterocycles. The van der Waals surface area contributed by atoms with E-state index in [1.165, 1.54) is 12.1 Å². The van der Waals surface area contributed by atoms with Crippen molar-refractivity contribution in [2.45, 2.75) is 19.3 Å². The van der Waals surface area contributed by atoms with Crippen LogP contribution >= 0.6 is 23.2 Å². The van der Waals surface area contributed by atoms with E-state index in [1.807, 2.05) is 0 Å². The average molecular weight is 283 g/mol. The Labute approximate surface area is 114 Å². The number of hydrogen-bond acceptors (Lipinski definition) is 2. The van der Waals surface area contributed by atoms with Gasteiger partial charge in [0.15, 0.2) is 5.82 Å². The van der Waals surface area contributed by atoms with Crippen molar-refractivity contribution < 1.29 is 4.39 Å². The van der Waals surface area contributed by atoms with Gasteiger partial charge in [-0.1, -0.05) is 23.2 Å². The normalized spacial score (nSPS) is 13.7. The van der Waals surface area contributed by atoms with E-state index in [9.17, 15) is 4.39 Å². The van der Waals surface area contributed by atoms with Crippen LogP contribution in [0, 0.1) is 5.82 Å². The summed E-state index contributed by atoms with van der Waals surface area (Å²) in [6.45, 7) is 0. The molecule has 0 unspecified atom stereocenters. The fourth-order valence-electron chi connectivity index (χ4n) is 2.20. The minimum absolute atomic E-state index is 0.324. The first kappa shape index (κ1) is 11.9. The lowest BCUT2D eigenvalue weighted by Crippen LogP contribution is -1.97. The van der Waals surface area contributed by atoms with Crippen molar-refractivity contribution in [2.75, 3.05) is 0 Å². The summed E-state index contributed by atoms with van der Waals surface area (Å²) in [6.07, 6.45) is 2.85. The van der Waals surface area contributed by atoms with Gasteiger partial charge in [-0.3, -0.25) is 0 Å². The molecule has 3 rings (SSSR count). The van der Waals surface area contributed by atoms with Crippen LogP contribution in [0.4, 0.5) is 4.39 Å². The van der Waals surface area contributed by atoms with E-state index in [-0.39, 0.29) is 0 Å². The van der Waals surface area contributed by atoms with Crippen molar-refractivity contribution in [1.29, 1.82) is 0 Å². The van der Waals surface area contributed by atoms with Crippen LogP contribution in [0.5, 0.6) is 0 Å². The Morgan fingerprint density at radius 2 is 1.89 bits per heavy atom. The van der Waals surface area contributed by atoms with E-state index in [0.717, 1.165) is 30.5 Å². The molecule has 1 aliphatic carbocycles. The predicted molar refractivity (Wildman–Crippen MR) is 69.5 cm³/mol. The molecule has 0 spiro atoms. The molecule has 0 amide bonds. The molecule has 0 N–H and O–H groups in total. The van der Waals surface area contributed by atoms with Gasteiger partial charge in [-0.25, -0.2) is 14.4 Å². The van der Waals surface area contributed by atoms with Crippen LogP contribution in [-0.2, 0) is 12.8 Å². The van der Waals surface area contributed by atoms with E-state index in [0.29, 0.717) is 21.6 Å². The fraction of sp³-hybridized carbons (Fsp3) is 0.231. The second-order valence-electron chi connectivity index (χ2n) is 4.27. The molecular weight excluding hydrogens is 274 g/mol. The molecule has 1 heterocycles. The van der Waals surface area contributed by atoms with Crippen molar-refractivity contribution in [2.24, 2.45) is 0 Å². The molecule has 2 nitrogen and oxygen atoms in total. The molecule has 0 bridgehead atoms. The van der Waals surface area contributed by atoms with Crippen LogP contribution in [0.25, 0.3) is 11.4 Å². The molecule has 0 radical (unpaired) electrons. The molecule has 0 atom stereocenters. The lowest BCUT2D eigenvalue weighted by Gasteiger charge is -2.06. The number of rotatable bonds is 1. The van der Waals surface area contributed by atoms with Crippen molar-refractivity contribution >= 4 is 23.2 Å². The van der Waals surface area contributed by atoms with Gasteiger partial charge in [0.2, 0.25) is 0 Å². The van der Waals surface area contributed by atoms with Crippen LogP contribution < -0.4 is 0 Å². The Kier molecular flexibility index (Phi) is 2.96. The summed E-state index contributed by atoms with van der Waals surface area (Å²) in [5.74, 6) is 0.0276. The highest BCUT2D eigenvalue weighted by Gasteiger charge is 2.19. The van der Waals surface area contributed by atoms with E-state index in [1.54, 1.807) is 6.07 Å². The number of nitrogens with zero attached hydrogens (tertiary/aromatic N) is 2. The first-order valence-corrected chi connectivity index (χ1v) is 6.41. The molecule has 18 heavy (non-hydrogen) atoms. The van der Waals surface area contributed by atoms with E-state index < -0.39 is 5.82 Å². The first-order valence-electron chi connectivity index (χ1n) is 5.65. The fourth-order valence-corrected chi connectivity index (χ4v) is 2.70. The second-order valence-corrected chi connectivity index (χ2v) is 5.07. The Morgan fingerprint density at radius 1 is 1.06 bits per heavy atom. The number of benzene rings is 1. The third kappa shape index (κ3) is 2.08. The minimum Gasteiger partial charge on any atom is -0.233 e.